The van der Waals surface area contributed by atoms with Gasteiger partial charge in [-0.05, 0) is 55.5 Å². The molecule has 1 aromatic heterocycles. The first-order valence-electron chi connectivity index (χ1n) is 12.9. The lowest BCUT2D eigenvalue weighted by Gasteiger charge is -2.08. The van der Waals surface area contributed by atoms with Gasteiger partial charge in [-0.3, -0.25) is 44.9 Å². The Morgan fingerprint density at radius 1 is 0.707 bits per heavy atom. The summed E-state index contributed by atoms with van der Waals surface area (Å²) >= 11 is 0. The van der Waals surface area contributed by atoms with Crippen LogP contribution in [0.4, 0.5) is 0 Å². The zero-order valence-corrected chi connectivity index (χ0v) is 22.1. The van der Waals surface area contributed by atoms with Crippen LogP contribution < -0.4 is 14.9 Å². The second-order valence-electron chi connectivity index (χ2n) is 8.90. The van der Waals surface area contributed by atoms with E-state index in [-0.39, 0.29) is 53.6 Å². The summed E-state index contributed by atoms with van der Waals surface area (Å²) in [7, 11) is 0. The number of benzene rings is 2. The van der Waals surface area contributed by atoms with Gasteiger partial charge in [-0.2, -0.15) is 0 Å². The van der Waals surface area contributed by atoms with Gasteiger partial charge in [0.15, 0.2) is 5.43 Å². The van der Waals surface area contributed by atoms with Crippen LogP contribution in [0.2, 0.25) is 0 Å². The third-order valence-electron chi connectivity index (χ3n) is 5.84. The molecular formula is C27H32N2O12. The van der Waals surface area contributed by atoms with E-state index in [1.54, 1.807) is 24.3 Å². The molecule has 0 aliphatic heterocycles. The topological polar surface area (TPSA) is 189 Å². The monoisotopic (exact) mass is 576 g/mol. The van der Waals surface area contributed by atoms with Crippen LogP contribution in [0.25, 0.3) is 22.1 Å². The van der Waals surface area contributed by atoms with Gasteiger partial charge in [0, 0.05) is 18.9 Å². The lowest BCUT2D eigenvalue weighted by molar-refractivity contribution is -0.492. The van der Waals surface area contributed by atoms with Gasteiger partial charge in [0.25, 0.3) is 0 Å². The number of fused-ring (bicyclic) bond motifs is 1. The second-order valence-corrected chi connectivity index (χ2v) is 8.90. The highest BCUT2D eigenvalue weighted by atomic mass is 17.1. The van der Waals surface area contributed by atoms with Crippen molar-refractivity contribution in [2.24, 2.45) is 0 Å². The molecule has 0 saturated heterocycles. The van der Waals surface area contributed by atoms with E-state index < -0.39 is 11.9 Å². The molecule has 0 atom stereocenters. The van der Waals surface area contributed by atoms with Gasteiger partial charge in [-0.1, -0.05) is 25.0 Å². The van der Waals surface area contributed by atoms with Crippen molar-refractivity contribution in [1.29, 1.82) is 0 Å². The first kappa shape index (κ1) is 31.8. The van der Waals surface area contributed by atoms with Gasteiger partial charge >= 0.3 is 11.9 Å². The number of ether oxygens (including phenoxy) is 2. The molecule has 0 fully saturated rings. The highest BCUT2D eigenvalue weighted by molar-refractivity contribution is 5.83. The highest BCUT2D eigenvalue weighted by Crippen LogP contribution is 2.25. The molecule has 1 heterocycles. The smallest absolute Gasteiger partial charge is 0.311 e. The third-order valence-corrected chi connectivity index (χ3v) is 5.84. The molecule has 2 aromatic carbocycles. The second kappa shape index (κ2) is 16.5. The van der Waals surface area contributed by atoms with Crippen molar-refractivity contribution in [2.75, 3.05) is 13.2 Å². The van der Waals surface area contributed by atoms with Crippen molar-refractivity contribution >= 4 is 22.9 Å². The summed E-state index contributed by atoms with van der Waals surface area (Å²) < 4.78 is 16.3. The Balaban J connectivity index is 1.51. The van der Waals surface area contributed by atoms with E-state index in [9.17, 15) is 14.4 Å². The zero-order chi connectivity index (χ0) is 29.6. The van der Waals surface area contributed by atoms with E-state index in [4.69, 9.17) is 34.7 Å². The first-order chi connectivity index (χ1) is 19.7. The summed E-state index contributed by atoms with van der Waals surface area (Å²) in [5, 5.41) is 33.4. The Bertz CT molecular complexity index is 1320. The maximum absolute atomic E-state index is 13.1. The van der Waals surface area contributed by atoms with Crippen LogP contribution in [0.5, 0.6) is 11.5 Å². The fraction of sp³-hybridized carbons (Fsp3) is 0.370. The molecule has 14 nitrogen and oxygen atoms in total. The standard InChI is InChI=1S/C27H32N2O12/c30-25(7-3-1-5-15-38-28(33)34)40-20-11-9-19(10-12-20)23-18-37-24-17-21(13-14-22(24)27(23)32)41-26(31)8-4-2-6-16-39-29(35)36/h9-14,17-18,33-36H,1-8,15-16H2. The Morgan fingerprint density at radius 3 is 1.80 bits per heavy atom. The van der Waals surface area contributed by atoms with Crippen LogP contribution in [0.3, 0.4) is 0 Å². The number of hydrogen-bond acceptors (Lipinski definition) is 14. The number of rotatable bonds is 17. The normalized spacial score (nSPS) is 11.4. The Hall–Kier alpha value is -3.73. The van der Waals surface area contributed by atoms with E-state index in [2.05, 4.69) is 9.68 Å². The van der Waals surface area contributed by atoms with Gasteiger partial charge < -0.3 is 13.9 Å². The van der Waals surface area contributed by atoms with Crippen LogP contribution in [0, 0.1) is 0 Å². The largest absolute Gasteiger partial charge is 0.463 e. The minimum atomic E-state index is -0.456. The molecule has 0 radical (unpaired) electrons. The average molecular weight is 577 g/mol. The van der Waals surface area contributed by atoms with Gasteiger partial charge in [0.1, 0.15) is 23.3 Å². The van der Waals surface area contributed by atoms with Crippen molar-refractivity contribution in [1.82, 2.24) is 10.8 Å². The lowest BCUT2D eigenvalue weighted by Crippen LogP contribution is -2.15. The molecule has 14 heteroatoms. The number of unbranched alkanes of at least 4 members (excludes halogenated alkanes) is 4. The van der Waals surface area contributed by atoms with Crippen LogP contribution in [-0.2, 0) is 19.3 Å². The van der Waals surface area contributed by atoms with Gasteiger partial charge in [-0.15, -0.1) is 0 Å². The van der Waals surface area contributed by atoms with Crippen LogP contribution in [0.1, 0.15) is 51.4 Å². The molecule has 0 bridgehead atoms. The predicted molar refractivity (Wildman–Crippen MR) is 139 cm³/mol. The van der Waals surface area contributed by atoms with Crippen molar-refractivity contribution in [3.8, 4) is 22.6 Å². The van der Waals surface area contributed by atoms with E-state index in [0.717, 1.165) is 0 Å². The summed E-state index contributed by atoms with van der Waals surface area (Å²) in [6.45, 7) is 0.210. The number of nitrogens with zero attached hydrogens (tertiary/aromatic N) is 2. The molecule has 3 rings (SSSR count). The van der Waals surface area contributed by atoms with Crippen molar-refractivity contribution < 1.29 is 54.0 Å². The molecule has 4 N–H and O–H groups in total. The summed E-state index contributed by atoms with van der Waals surface area (Å²) in [5.74, 6) is -0.314. The number of carbonyl (C=O) groups excluding carboxylic acids is 2. The maximum Gasteiger partial charge on any atom is 0.311 e. The Labute approximate surface area is 234 Å². The summed E-state index contributed by atoms with van der Waals surface area (Å²) in [6, 6.07) is 10.9. The van der Waals surface area contributed by atoms with E-state index in [0.29, 0.717) is 60.8 Å². The molecule has 0 amide bonds. The molecular weight excluding hydrogens is 544 g/mol. The van der Waals surface area contributed by atoms with Gasteiger partial charge in [-0.25, -0.2) is 0 Å². The summed E-state index contributed by atoms with van der Waals surface area (Å²) in [4.78, 5) is 46.1. The predicted octanol–water partition coefficient (Wildman–Crippen LogP) is 4.42. The fourth-order valence-corrected chi connectivity index (χ4v) is 3.83. The van der Waals surface area contributed by atoms with Crippen molar-refractivity contribution in [2.45, 2.75) is 51.4 Å². The van der Waals surface area contributed by atoms with Crippen LogP contribution >= 0.6 is 0 Å². The number of esters is 2. The molecule has 0 saturated carbocycles. The van der Waals surface area contributed by atoms with Crippen LogP contribution in [-0.4, -0.2) is 56.8 Å². The zero-order valence-electron chi connectivity index (χ0n) is 22.1. The molecule has 41 heavy (non-hydrogen) atoms. The van der Waals surface area contributed by atoms with Gasteiger partial charge in [0.2, 0.25) is 0 Å². The summed E-state index contributed by atoms with van der Waals surface area (Å²) in [5.41, 5.74) is 0.839. The maximum atomic E-state index is 13.1. The quantitative estimate of drug-likeness (QED) is 0.0765. The van der Waals surface area contributed by atoms with Gasteiger partial charge in [0.05, 0.1) is 34.9 Å². The van der Waals surface area contributed by atoms with E-state index in [1.807, 2.05) is 0 Å². The summed E-state index contributed by atoms with van der Waals surface area (Å²) in [6.07, 6.45) is 5.04. The molecule has 222 valence electrons. The minimum absolute atomic E-state index is 0.100. The fourth-order valence-electron chi connectivity index (χ4n) is 3.83. The lowest BCUT2D eigenvalue weighted by atomic mass is 10.1. The van der Waals surface area contributed by atoms with E-state index in [1.165, 1.54) is 24.5 Å². The molecule has 3 aromatic rings. The Kier molecular flexibility index (Phi) is 12.8. The molecule has 0 aliphatic rings. The van der Waals surface area contributed by atoms with Crippen LogP contribution in [0.15, 0.2) is 57.9 Å². The number of hydrogen-bond donors (Lipinski definition) is 4. The molecule has 0 aliphatic carbocycles. The van der Waals surface area contributed by atoms with Crippen molar-refractivity contribution in [3.05, 3.63) is 59.0 Å². The van der Waals surface area contributed by atoms with Crippen molar-refractivity contribution in [3.63, 3.8) is 0 Å². The first-order valence-corrected chi connectivity index (χ1v) is 12.9. The number of carbonyl (C=O) groups is 2. The minimum Gasteiger partial charge on any atom is -0.463 e. The average Bonchev–Trinajstić information content (AvgIpc) is 2.93. The highest BCUT2D eigenvalue weighted by Gasteiger charge is 2.13. The van der Waals surface area contributed by atoms with E-state index >= 15 is 0 Å². The third kappa shape index (κ3) is 11.0. The Morgan fingerprint density at radius 2 is 1.24 bits per heavy atom. The molecule has 0 spiro atoms. The molecule has 0 unspecified atom stereocenters. The SMILES string of the molecule is O=C(CCCCCON(O)O)Oc1ccc(-c2coc3cc(OC(=O)CCCCCON(O)O)ccc3c2=O)cc1.